The predicted molar refractivity (Wildman–Crippen MR) is 31.1 cm³/mol. The molecule has 0 rings (SSSR count). The van der Waals surface area contributed by atoms with Crippen LogP contribution >= 0.6 is 0 Å². The van der Waals surface area contributed by atoms with Crippen LogP contribution in [0.5, 0.6) is 0 Å². The van der Waals surface area contributed by atoms with E-state index < -0.39 is 17.9 Å². The molecule has 0 aliphatic rings. The Bertz CT molecular complexity index is 190. The van der Waals surface area contributed by atoms with Crippen molar-refractivity contribution in [2.75, 3.05) is 0 Å². The van der Waals surface area contributed by atoms with E-state index in [4.69, 9.17) is 0 Å². The van der Waals surface area contributed by atoms with Crippen molar-refractivity contribution in [3.8, 4) is 0 Å². The number of hydrazine groups is 1. The third-order valence-corrected chi connectivity index (χ3v) is 0.561. The molecule has 0 aromatic rings. The fourth-order valence-electron chi connectivity index (χ4n) is 0.202. The number of urea groups is 1. The largest absolute Gasteiger partial charge is 0.422 e. The highest BCUT2D eigenvalue weighted by Gasteiger charge is 2.13. The van der Waals surface area contributed by atoms with Gasteiger partial charge in [-0.15, -0.1) is 0 Å². The molecule has 0 heterocycles. The molecule has 6 N–H and O–H groups in total. The second-order valence-electron chi connectivity index (χ2n) is 1.33. The molecule has 3 amide bonds. The molecular formula is C3H6N4O4. The number of rotatable bonds is 0. The van der Waals surface area contributed by atoms with Gasteiger partial charge in [0.2, 0.25) is 0 Å². The van der Waals surface area contributed by atoms with Gasteiger partial charge >= 0.3 is 17.9 Å². The fourth-order valence-corrected chi connectivity index (χ4v) is 0.202. The summed E-state index contributed by atoms with van der Waals surface area (Å²) in [4.78, 5) is 34.2. The number of primary amides is 1. The lowest BCUT2D eigenvalue weighted by molar-refractivity contribution is -0.158. The summed E-state index contributed by atoms with van der Waals surface area (Å²) >= 11 is 0. The summed E-state index contributed by atoms with van der Waals surface area (Å²) < 4.78 is 0. The van der Waals surface area contributed by atoms with Crippen LogP contribution in [0, 0.1) is 0 Å². The molecule has 0 unspecified atom stereocenters. The maximum absolute atomic E-state index is 10.3. The van der Waals surface area contributed by atoms with Crippen molar-refractivity contribution >= 4 is 17.9 Å². The van der Waals surface area contributed by atoms with Gasteiger partial charge < -0.3 is 10.6 Å². The lowest BCUT2D eigenvalue weighted by Gasteiger charge is -1.99. The van der Waals surface area contributed by atoms with Gasteiger partial charge in [0.25, 0.3) is 0 Å². The van der Waals surface area contributed by atoms with Crippen LogP contribution in [0.15, 0.2) is 0 Å². The summed E-state index contributed by atoms with van der Waals surface area (Å²) in [7, 11) is 0. The molecule has 0 bridgehead atoms. The van der Waals surface area contributed by atoms with E-state index in [1.807, 2.05) is 0 Å². The summed E-state index contributed by atoms with van der Waals surface area (Å²) in [5.41, 5.74) is 7.41. The molecule has 8 nitrogen and oxygen atoms in total. The Morgan fingerprint density at radius 3 is 2.18 bits per heavy atom. The van der Waals surface area contributed by atoms with Crippen LogP contribution in [0.3, 0.4) is 0 Å². The number of hydrogen-bond donors (Lipinski definition) is 4. The second kappa shape index (κ2) is 4.06. The average molecular weight is 162 g/mol. The molecule has 0 aromatic carbocycles. The molecule has 0 fully saturated rings. The number of amides is 3. The molecule has 8 heteroatoms. The molecule has 0 saturated carbocycles. The van der Waals surface area contributed by atoms with E-state index in [0.29, 0.717) is 0 Å². The Kier molecular flexibility index (Phi) is 3.39. The smallest absolute Gasteiger partial charge is 0.349 e. The van der Waals surface area contributed by atoms with Crippen LogP contribution in [-0.2, 0) is 14.4 Å². The first kappa shape index (κ1) is 9.17. The molecule has 0 aromatic heterocycles. The highest BCUT2D eigenvalue weighted by atomic mass is 16.7. The zero-order valence-electron chi connectivity index (χ0n) is 5.29. The van der Waals surface area contributed by atoms with Crippen LogP contribution in [-0.4, -0.2) is 17.9 Å². The lowest BCUT2D eigenvalue weighted by atomic mass is 10.7. The van der Waals surface area contributed by atoms with E-state index in [1.54, 1.807) is 0 Å². The Morgan fingerprint density at radius 1 is 1.27 bits per heavy atom. The van der Waals surface area contributed by atoms with Crippen LogP contribution in [0.1, 0.15) is 0 Å². The van der Waals surface area contributed by atoms with Crippen molar-refractivity contribution in [2.45, 2.75) is 0 Å². The van der Waals surface area contributed by atoms with Crippen molar-refractivity contribution in [3.63, 3.8) is 0 Å². The molecule has 0 atom stereocenters. The van der Waals surface area contributed by atoms with Gasteiger partial charge in [-0.3, -0.25) is 10.2 Å². The normalized spacial score (nSPS) is 8.09. The van der Waals surface area contributed by atoms with E-state index >= 15 is 0 Å². The molecule has 0 saturated heterocycles. The highest BCUT2D eigenvalue weighted by molar-refractivity contribution is 6.32. The summed E-state index contributed by atoms with van der Waals surface area (Å²) in [5, 5.41) is 0. The molecule has 62 valence electrons. The molecule has 0 spiro atoms. The summed E-state index contributed by atoms with van der Waals surface area (Å²) in [6.07, 6.45) is 0. The third kappa shape index (κ3) is 3.70. The second-order valence-corrected chi connectivity index (χ2v) is 1.33. The van der Waals surface area contributed by atoms with Gasteiger partial charge in [-0.2, -0.15) is 5.48 Å². The van der Waals surface area contributed by atoms with Gasteiger partial charge in [0.05, 0.1) is 0 Å². The SMILES string of the molecule is NNC(=O)C(=O)ONC(N)=O. The monoisotopic (exact) mass is 162 g/mol. The van der Waals surface area contributed by atoms with E-state index in [-0.39, 0.29) is 0 Å². The van der Waals surface area contributed by atoms with Gasteiger partial charge in [-0.05, 0) is 0 Å². The summed E-state index contributed by atoms with van der Waals surface area (Å²) in [5.74, 6) is 1.98. The first-order valence-corrected chi connectivity index (χ1v) is 2.35. The standard InChI is InChI=1S/C3H6N4O4/c4-3(10)7-11-2(9)1(8)6-5/h5H2,(H,6,8)(H3,4,7,10). The average Bonchev–Trinajstić information content (AvgIpc) is 1.98. The molecule has 0 aliphatic heterocycles. The number of nitrogens with one attached hydrogen (secondary N) is 2. The number of nitrogens with two attached hydrogens (primary N) is 2. The third-order valence-electron chi connectivity index (χ3n) is 0.561. The van der Waals surface area contributed by atoms with E-state index in [0.717, 1.165) is 0 Å². The number of hydrogen-bond acceptors (Lipinski definition) is 5. The van der Waals surface area contributed by atoms with Gasteiger partial charge in [-0.1, -0.05) is 0 Å². The van der Waals surface area contributed by atoms with Crippen LogP contribution in [0.25, 0.3) is 0 Å². The minimum atomic E-state index is -1.36. The maximum atomic E-state index is 10.3. The van der Waals surface area contributed by atoms with Crippen molar-refractivity contribution in [1.82, 2.24) is 10.9 Å². The Morgan fingerprint density at radius 2 is 1.82 bits per heavy atom. The zero-order valence-corrected chi connectivity index (χ0v) is 5.29. The first-order chi connectivity index (χ1) is 5.07. The Labute approximate surface area is 60.8 Å². The topological polar surface area (TPSA) is 137 Å². The Hall–Kier alpha value is -1.83. The molecule has 0 aliphatic carbocycles. The van der Waals surface area contributed by atoms with Crippen molar-refractivity contribution in [2.24, 2.45) is 11.6 Å². The quantitative estimate of drug-likeness (QED) is 0.131. The van der Waals surface area contributed by atoms with Crippen molar-refractivity contribution < 1.29 is 19.2 Å². The summed E-state index contributed by atoms with van der Waals surface area (Å²) in [6, 6.07) is -1.09. The van der Waals surface area contributed by atoms with Crippen molar-refractivity contribution in [3.05, 3.63) is 0 Å². The van der Waals surface area contributed by atoms with Gasteiger partial charge in [0, 0.05) is 0 Å². The van der Waals surface area contributed by atoms with Crippen LogP contribution in [0.2, 0.25) is 0 Å². The fraction of sp³-hybridized carbons (Fsp3) is 0. The highest BCUT2D eigenvalue weighted by Crippen LogP contribution is 1.70. The van der Waals surface area contributed by atoms with E-state index in [2.05, 4.69) is 16.4 Å². The minimum Gasteiger partial charge on any atom is -0.349 e. The van der Waals surface area contributed by atoms with Crippen molar-refractivity contribution in [1.29, 1.82) is 0 Å². The number of hydroxylamine groups is 1. The Balaban J connectivity index is 3.70. The van der Waals surface area contributed by atoms with E-state index in [9.17, 15) is 14.4 Å². The molecule has 0 radical (unpaired) electrons. The first-order valence-electron chi connectivity index (χ1n) is 2.35. The maximum Gasteiger partial charge on any atom is 0.422 e. The van der Waals surface area contributed by atoms with Gasteiger partial charge in [0.1, 0.15) is 0 Å². The number of carbonyl (C=O) groups excluding carboxylic acids is 3. The van der Waals surface area contributed by atoms with Crippen LogP contribution in [0.4, 0.5) is 4.79 Å². The minimum absolute atomic E-state index is 1.09. The van der Waals surface area contributed by atoms with E-state index in [1.165, 1.54) is 10.9 Å². The molecular weight excluding hydrogens is 156 g/mol. The molecule has 11 heavy (non-hydrogen) atoms. The van der Waals surface area contributed by atoms with Gasteiger partial charge in [-0.25, -0.2) is 15.4 Å². The lowest BCUT2D eigenvalue weighted by Crippen LogP contribution is -2.41. The van der Waals surface area contributed by atoms with Gasteiger partial charge in [0.15, 0.2) is 0 Å². The summed E-state index contributed by atoms with van der Waals surface area (Å²) in [6.45, 7) is 0. The number of carbonyl (C=O) groups is 3. The van der Waals surface area contributed by atoms with Crippen LogP contribution < -0.4 is 22.5 Å². The zero-order chi connectivity index (χ0) is 8.85. The predicted octanol–water partition coefficient (Wildman–Crippen LogP) is -2.90.